The predicted octanol–water partition coefficient (Wildman–Crippen LogP) is 4.30. The molecule has 0 atom stereocenters. The van der Waals surface area contributed by atoms with E-state index in [0.717, 1.165) is 32.3 Å². The molecule has 42 heavy (non-hydrogen) atoms. The van der Waals surface area contributed by atoms with E-state index in [-0.39, 0.29) is 6.61 Å². The van der Waals surface area contributed by atoms with E-state index in [2.05, 4.69) is 10.1 Å². The number of carboxylic acids is 2. The number of primary amides is 1. The number of carbonyl (C=O) groups excluding carboxylic acids is 1. The Morgan fingerprint density at radius 2 is 1.69 bits per heavy atom. The van der Waals surface area contributed by atoms with E-state index in [9.17, 15) is 18.8 Å². The molecular weight excluding hydrogens is 567 g/mol. The van der Waals surface area contributed by atoms with Crippen LogP contribution in [0.3, 0.4) is 0 Å². The molecule has 2 amide bonds. The van der Waals surface area contributed by atoms with E-state index in [1.807, 2.05) is 23.7 Å². The van der Waals surface area contributed by atoms with Crippen LogP contribution in [0.4, 0.5) is 26.4 Å². The summed E-state index contributed by atoms with van der Waals surface area (Å²) in [5.74, 6) is -2.68. The van der Waals surface area contributed by atoms with Crippen molar-refractivity contribution in [3.63, 3.8) is 0 Å². The number of hydrogen-bond donors (Lipinski definition) is 5. The highest BCUT2D eigenvalue weighted by molar-refractivity contribution is 7.18. The topological polar surface area (TPSA) is 198 Å². The lowest BCUT2D eigenvalue weighted by atomic mass is 10.0. The number of pyridine rings is 1. The third kappa shape index (κ3) is 6.68. The summed E-state index contributed by atoms with van der Waals surface area (Å²) in [7, 11) is 0. The third-order valence-electron chi connectivity index (χ3n) is 5.92. The number of hydrogen-bond acceptors (Lipinski definition) is 8. The maximum absolute atomic E-state index is 13.7. The zero-order valence-corrected chi connectivity index (χ0v) is 22.7. The van der Waals surface area contributed by atoms with Crippen LogP contribution in [0.5, 0.6) is 0 Å². The molecule has 0 saturated heterocycles. The Hall–Kier alpha value is -5.34. The maximum Gasteiger partial charge on any atom is 0.323 e. The number of nitrogen functional groups attached to an aromatic ring is 1. The average Bonchev–Trinajstić information content (AvgIpc) is 3.58. The van der Waals surface area contributed by atoms with Crippen LogP contribution in [0, 0.1) is 5.82 Å². The zero-order chi connectivity index (χ0) is 30.4. The van der Waals surface area contributed by atoms with Crippen molar-refractivity contribution in [2.45, 2.75) is 13.0 Å². The van der Waals surface area contributed by atoms with E-state index in [0.29, 0.717) is 23.7 Å². The van der Waals surface area contributed by atoms with Gasteiger partial charge in [0.05, 0.1) is 30.7 Å². The number of anilines is 3. The number of benzene rings is 2. The summed E-state index contributed by atoms with van der Waals surface area (Å²) in [6, 6.07) is 12.2. The molecule has 12 nitrogen and oxygen atoms in total. The number of urea groups is 1. The molecule has 3 heterocycles. The molecule has 5 aromatic rings. The van der Waals surface area contributed by atoms with Gasteiger partial charge in [0.2, 0.25) is 0 Å². The quantitative estimate of drug-likeness (QED) is 0.163. The Morgan fingerprint density at radius 3 is 2.29 bits per heavy atom. The van der Waals surface area contributed by atoms with Crippen molar-refractivity contribution >= 4 is 56.6 Å². The van der Waals surface area contributed by atoms with Crippen molar-refractivity contribution in [2.75, 3.05) is 17.2 Å². The van der Waals surface area contributed by atoms with Gasteiger partial charge in [-0.3, -0.25) is 19.2 Å². The maximum atomic E-state index is 13.7. The number of halogens is 1. The molecule has 0 radical (unpaired) electrons. The van der Waals surface area contributed by atoms with Crippen molar-refractivity contribution in [1.29, 1.82) is 0 Å². The van der Waals surface area contributed by atoms with Gasteiger partial charge in [-0.25, -0.2) is 14.2 Å². The monoisotopic (exact) mass is 592 g/mol. The lowest BCUT2D eigenvalue weighted by Crippen LogP contribution is -2.31. The number of aliphatic carboxylic acids is 2. The lowest BCUT2D eigenvalue weighted by molar-refractivity contribution is -0.147. The van der Waals surface area contributed by atoms with Gasteiger partial charge in [0.25, 0.3) is 0 Å². The fraction of sp³-hybridized carbons (Fsp3) is 0.107. The van der Waals surface area contributed by atoms with Crippen LogP contribution in [0.25, 0.3) is 32.3 Å². The van der Waals surface area contributed by atoms with Gasteiger partial charge >= 0.3 is 18.0 Å². The molecule has 0 fully saturated rings. The highest BCUT2D eigenvalue weighted by Crippen LogP contribution is 2.42. The van der Waals surface area contributed by atoms with Gasteiger partial charge < -0.3 is 26.8 Å². The van der Waals surface area contributed by atoms with Crippen molar-refractivity contribution in [2.24, 2.45) is 5.73 Å². The number of carbonyl (C=O) groups is 3. The van der Waals surface area contributed by atoms with E-state index in [1.54, 1.807) is 46.6 Å². The van der Waals surface area contributed by atoms with Crippen molar-refractivity contribution < 1.29 is 34.1 Å². The zero-order valence-electron chi connectivity index (χ0n) is 21.8. The number of aromatic nitrogens is 3. The van der Waals surface area contributed by atoms with Gasteiger partial charge in [0, 0.05) is 39.2 Å². The normalized spacial score (nSPS) is 10.6. The summed E-state index contributed by atoms with van der Waals surface area (Å²) in [5, 5.41) is 31.7. The standard InChI is InChI=1S/C25H21FN6O2S.C3H4O4/c26-17-2-1-3-19(10-17)32(25(28)34)18-6-4-15(5-7-18)21-14-35-23-20(12-29-24(27)22(21)23)16-11-30-31(13-16)8-9-33;4-2(5)1-3(6)7/h1-7,10-14,33H,8-9H2,(H2,27,29)(H2,28,34);1H2,(H,4,5)(H,6,7). The van der Waals surface area contributed by atoms with Gasteiger partial charge in [-0.05, 0) is 41.3 Å². The average molecular weight is 593 g/mol. The SMILES string of the molecule is NC(=O)N(c1ccc(-c2csc3c(-c4cnn(CCO)c4)cnc(N)c23)cc1)c1cccc(F)c1.O=C(O)CC(=O)O. The third-order valence-corrected chi connectivity index (χ3v) is 6.94. The largest absolute Gasteiger partial charge is 0.481 e. The van der Waals surface area contributed by atoms with Crippen LogP contribution in [-0.2, 0) is 16.1 Å². The first-order chi connectivity index (χ1) is 20.1. The molecule has 0 saturated carbocycles. The van der Waals surface area contributed by atoms with Gasteiger partial charge in [-0.15, -0.1) is 11.3 Å². The summed E-state index contributed by atoms with van der Waals surface area (Å²) in [6.45, 7) is 0.410. The molecule has 0 aliphatic carbocycles. The van der Waals surface area contributed by atoms with E-state index >= 15 is 0 Å². The molecule has 7 N–H and O–H groups in total. The second kappa shape index (κ2) is 12.9. The molecule has 0 aliphatic rings. The number of aliphatic hydroxyl groups is 1. The number of amides is 2. The van der Waals surface area contributed by atoms with E-state index < -0.39 is 30.2 Å². The molecule has 0 aliphatic heterocycles. The Balaban J connectivity index is 0.000000517. The number of aliphatic hydroxyl groups excluding tert-OH is 1. The first kappa shape index (κ1) is 29.6. The van der Waals surface area contributed by atoms with Crippen LogP contribution < -0.4 is 16.4 Å². The number of nitrogens with two attached hydrogens (primary N) is 2. The molecule has 2 aromatic carbocycles. The molecule has 5 rings (SSSR count). The Kier molecular flexibility index (Phi) is 9.09. The number of carboxylic acid groups (broad SMARTS) is 2. The van der Waals surface area contributed by atoms with Gasteiger partial charge in [0.15, 0.2) is 0 Å². The number of nitrogens with zero attached hydrogens (tertiary/aromatic N) is 4. The minimum absolute atomic E-state index is 0.00204. The summed E-state index contributed by atoms with van der Waals surface area (Å²) in [6.07, 6.45) is 4.52. The van der Waals surface area contributed by atoms with Crippen molar-refractivity contribution in [1.82, 2.24) is 14.8 Å². The first-order valence-electron chi connectivity index (χ1n) is 12.3. The molecule has 14 heteroatoms. The van der Waals surface area contributed by atoms with Crippen molar-refractivity contribution in [3.05, 3.63) is 78.3 Å². The summed E-state index contributed by atoms with van der Waals surface area (Å²) in [5.41, 5.74) is 16.3. The van der Waals surface area contributed by atoms with Crippen molar-refractivity contribution in [3.8, 4) is 22.3 Å². The van der Waals surface area contributed by atoms with Gasteiger partial charge in [-0.2, -0.15) is 5.10 Å². The van der Waals surface area contributed by atoms with E-state index in [4.69, 9.17) is 26.8 Å². The molecule has 0 spiro atoms. The first-order valence-corrected chi connectivity index (χ1v) is 13.2. The van der Waals surface area contributed by atoms with E-state index in [1.165, 1.54) is 23.1 Å². The van der Waals surface area contributed by atoms with Gasteiger partial charge in [-0.1, -0.05) is 18.2 Å². The van der Waals surface area contributed by atoms with Crippen LogP contribution >= 0.6 is 11.3 Å². The van der Waals surface area contributed by atoms with Crippen LogP contribution in [0.1, 0.15) is 6.42 Å². The number of thiophene rings is 1. The highest BCUT2D eigenvalue weighted by atomic mass is 32.1. The summed E-state index contributed by atoms with van der Waals surface area (Å²) < 4.78 is 16.4. The fourth-order valence-electron chi connectivity index (χ4n) is 4.15. The molecule has 0 unspecified atom stereocenters. The predicted molar refractivity (Wildman–Crippen MR) is 156 cm³/mol. The lowest BCUT2D eigenvalue weighted by Gasteiger charge is -2.21. The summed E-state index contributed by atoms with van der Waals surface area (Å²) in [4.78, 5) is 36.7. The van der Waals surface area contributed by atoms with Crippen LogP contribution in [0.2, 0.25) is 0 Å². The summed E-state index contributed by atoms with van der Waals surface area (Å²) >= 11 is 1.55. The second-order valence-electron chi connectivity index (χ2n) is 8.79. The second-order valence-corrected chi connectivity index (χ2v) is 9.67. The smallest absolute Gasteiger partial charge is 0.323 e. The molecule has 216 valence electrons. The molecule has 0 bridgehead atoms. The van der Waals surface area contributed by atoms with Gasteiger partial charge in [0.1, 0.15) is 18.1 Å². The Bertz CT molecular complexity index is 1740. The van der Waals surface area contributed by atoms with Crippen LogP contribution in [0.15, 0.2) is 72.5 Å². The molecular formula is C28H25FN6O6S. The minimum Gasteiger partial charge on any atom is -0.481 e. The minimum atomic E-state index is -1.31. The van der Waals surface area contributed by atoms with Crippen LogP contribution in [-0.4, -0.2) is 54.7 Å². The number of rotatable bonds is 8. The Labute approximate surface area is 241 Å². The molecule has 3 aromatic heterocycles. The Morgan fingerprint density at radius 1 is 0.976 bits per heavy atom. The number of fused-ring (bicyclic) bond motifs is 1. The fourth-order valence-corrected chi connectivity index (χ4v) is 5.27. The highest BCUT2D eigenvalue weighted by Gasteiger charge is 2.18.